The lowest BCUT2D eigenvalue weighted by molar-refractivity contribution is 0.0746. The number of benzene rings is 2. The molecule has 0 aromatic heterocycles. The highest BCUT2D eigenvalue weighted by molar-refractivity contribution is 5.94. The number of hydrogen-bond acceptors (Lipinski definition) is 2. The molecule has 1 aliphatic heterocycles. The standard InChI is InChI=1S/C19H20F2N2O/c1-13-3-4-15(11-14(13)2)19(24)23-9-7-22(8-10-23)18-6-5-16(20)12-17(18)21/h3-6,11-12H,7-10H2,1-2H3. The number of anilines is 1. The summed E-state index contributed by atoms with van der Waals surface area (Å²) in [5, 5.41) is 0. The summed E-state index contributed by atoms with van der Waals surface area (Å²) in [5.41, 5.74) is 3.31. The van der Waals surface area contributed by atoms with Gasteiger partial charge in [0.05, 0.1) is 5.69 Å². The SMILES string of the molecule is Cc1ccc(C(=O)N2CCN(c3ccc(F)cc3F)CC2)cc1C. The average molecular weight is 330 g/mol. The second-order valence-corrected chi connectivity index (χ2v) is 6.17. The molecule has 1 saturated heterocycles. The monoisotopic (exact) mass is 330 g/mol. The van der Waals surface area contributed by atoms with Crippen molar-refractivity contribution in [2.75, 3.05) is 31.1 Å². The molecule has 3 nitrogen and oxygen atoms in total. The Morgan fingerprint density at radius 3 is 2.25 bits per heavy atom. The lowest BCUT2D eigenvalue weighted by Gasteiger charge is -2.36. The summed E-state index contributed by atoms with van der Waals surface area (Å²) >= 11 is 0. The molecule has 0 bridgehead atoms. The van der Waals surface area contributed by atoms with Gasteiger partial charge in [0.25, 0.3) is 5.91 Å². The molecular weight excluding hydrogens is 310 g/mol. The average Bonchev–Trinajstić information content (AvgIpc) is 2.57. The van der Waals surface area contributed by atoms with Crippen LogP contribution in [0.3, 0.4) is 0 Å². The number of piperazine rings is 1. The van der Waals surface area contributed by atoms with E-state index in [1.54, 1.807) is 4.90 Å². The molecule has 24 heavy (non-hydrogen) atoms. The second kappa shape index (κ2) is 6.59. The first kappa shape index (κ1) is 16.4. The molecule has 1 heterocycles. The van der Waals surface area contributed by atoms with Gasteiger partial charge in [0.1, 0.15) is 11.6 Å². The zero-order chi connectivity index (χ0) is 17.3. The minimum atomic E-state index is -0.584. The van der Waals surface area contributed by atoms with Gasteiger partial charge in [-0.15, -0.1) is 0 Å². The molecule has 0 unspecified atom stereocenters. The fourth-order valence-electron chi connectivity index (χ4n) is 2.95. The molecule has 1 aliphatic rings. The topological polar surface area (TPSA) is 23.6 Å². The highest BCUT2D eigenvalue weighted by Gasteiger charge is 2.24. The summed E-state index contributed by atoms with van der Waals surface area (Å²) in [6.07, 6.45) is 0. The molecule has 0 saturated carbocycles. The van der Waals surface area contributed by atoms with Crippen LogP contribution in [0.2, 0.25) is 0 Å². The van der Waals surface area contributed by atoms with Crippen LogP contribution < -0.4 is 4.90 Å². The zero-order valence-electron chi connectivity index (χ0n) is 13.9. The van der Waals surface area contributed by atoms with Crippen molar-refractivity contribution in [3.63, 3.8) is 0 Å². The molecule has 2 aromatic rings. The van der Waals surface area contributed by atoms with E-state index in [4.69, 9.17) is 0 Å². The van der Waals surface area contributed by atoms with Gasteiger partial charge in [0.15, 0.2) is 0 Å². The van der Waals surface area contributed by atoms with E-state index in [0.717, 1.165) is 17.2 Å². The van der Waals surface area contributed by atoms with Crippen molar-refractivity contribution in [1.29, 1.82) is 0 Å². The number of nitrogens with zero attached hydrogens (tertiary/aromatic N) is 2. The van der Waals surface area contributed by atoms with Gasteiger partial charge < -0.3 is 9.80 Å². The van der Waals surface area contributed by atoms with Gasteiger partial charge >= 0.3 is 0 Å². The van der Waals surface area contributed by atoms with E-state index in [2.05, 4.69) is 0 Å². The molecule has 0 radical (unpaired) electrons. The van der Waals surface area contributed by atoms with Crippen LogP contribution in [-0.2, 0) is 0 Å². The number of rotatable bonds is 2. The van der Waals surface area contributed by atoms with Crippen LogP contribution in [0.15, 0.2) is 36.4 Å². The van der Waals surface area contributed by atoms with Crippen molar-refractivity contribution in [2.24, 2.45) is 0 Å². The number of halogens is 2. The second-order valence-electron chi connectivity index (χ2n) is 6.17. The lowest BCUT2D eigenvalue weighted by Crippen LogP contribution is -2.49. The molecule has 3 rings (SSSR count). The largest absolute Gasteiger partial charge is 0.366 e. The van der Waals surface area contributed by atoms with Crippen LogP contribution in [0.1, 0.15) is 21.5 Å². The number of carbonyl (C=O) groups is 1. The Hall–Kier alpha value is -2.43. The quantitative estimate of drug-likeness (QED) is 0.841. The predicted molar refractivity (Wildman–Crippen MR) is 90.4 cm³/mol. The maximum absolute atomic E-state index is 13.9. The van der Waals surface area contributed by atoms with Gasteiger partial charge in [0.2, 0.25) is 0 Å². The maximum atomic E-state index is 13.9. The van der Waals surface area contributed by atoms with Crippen LogP contribution in [0.5, 0.6) is 0 Å². The molecule has 1 fully saturated rings. The normalized spacial score (nSPS) is 14.8. The third-order valence-electron chi connectivity index (χ3n) is 4.57. The van der Waals surface area contributed by atoms with Gasteiger partial charge in [-0.05, 0) is 49.2 Å². The Balaban J connectivity index is 1.68. The third-order valence-corrected chi connectivity index (χ3v) is 4.57. The van der Waals surface area contributed by atoms with Crippen LogP contribution in [-0.4, -0.2) is 37.0 Å². The fourth-order valence-corrected chi connectivity index (χ4v) is 2.95. The zero-order valence-corrected chi connectivity index (χ0v) is 13.9. The minimum Gasteiger partial charge on any atom is -0.366 e. The molecule has 2 aromatic carbocycles. The Morgan fingerprint density at radius 2 is 1.62 bits per heavy atom. The van der Waals surface area contributed by atoms with E-state index < -0.39 is 11.6 Å². The Labute approximate surface area is 140 Å². The first-order valence-electron chi connectivity index (χ1n) is 8.02. The summed E-state index contributed by atoms with van der Waals surface area (Å²) in [5.74, 6) is -1.15. The minimum absolute atomic E-state index is 0.00247. The third kappa shape index (κ3) is 3.25. The predicted octanol–water partition coefficient (Wildman–Crippen LogP) is 3.54. The molecular formula is C19H20F2N2O. The Kier molecular flexibility index (Phi) is 4.51. The first-order valence-corrected chi connectivity index (χ1v) is 8.02. The van der Waals surface area contributed by atoms with E-state index in [1.807, 2.05) is 36.9 Å². The Morgan fingerprint density at radius 1 is 0.917 bits per heavy atom. The van der Waals surface area contributed by atoms with Crippen LogP contribution in [0.4, 0.5) is 14.5 Å². The molecule has 5 heteroatoms. The molecule has 0 spiro atoms. The summed E-state index contributed by atoms with van der Waals surface area (Å²) in [4.78, 5) is 16.2. The van der Waals surface area contributed by atoms with Crippen molar-refractivity contribution < 1.29 is 13.6 Å². The molecule has 0 aliphatic carbocycles. The first-order chi connectivity index (χ1) is 11.5. The highest BCUT2D eigenvalue weighted by Crippen LogP contribution is 2.22. The smallest absolute Gasteiger partial charge is 0.253 e. The van der Waals surface area contributed by atoms with E-state index in [1.165, 1.54) is 12.1 Å². The van der Waals surface area contributed by atoms with Crippen molar-refractivity contribution in [3.8, 4) is 0 Å². The molecule has 0 atom stereocenters. The van der Waals surface area contributed by atoms with Crippen LogP contribution in [0.25, 0.3) is 0 Å². The molecule has 1 amide bonds. The van der Waals surface area contributed by atoms with E-state index in [-0.39, 0.29) is 5.91 Å². The van der Waals surface area contributed by atoms with Crippen molar-refractivity contribution in [1.82, 2.24) is 4.90 Å². The van der Waals surface area contributed by atoms with Crippen LogP contribution in [0, 0.1) is 25.5 Å². The number of carbonyl (C=O) groups excluding carboxylic acids is 1. The van der Waals surface area contributed by atoms with Gasteiger partial charge in [-0.2, -0.15) is 0 Å². The number of amides is 1. The van der Waals surface area contributed by atoms with Gasteiger partial charge in [-0.25, -0.2) is 8.78 Å². The van der Waals surface area contributed by atoms with Gasteiger partial charge in [0, 0.05) is 37.8 Å². The summed E-state index contributed by atoms with van der Waals surface area (Å²) in [6, 6.07) is 9.30. The maximum Gasteiger partial charge on any atom is 0.253 e. The summed E-state index contributed by atoms with van der Waals surface area (Å²) < 4.78 is 26.9. The van der Waals surface area contributed by atoms with E-state index in [0.29, 0.717) is 37.4 Å². The van der Waals surface area contributed by atoms with Crippen molar-refractivity contribution in [3.05, 3.63) is 64.7 Å². The van der Waals surface area contributed by atoms with E-state index >= 15 is 0 Å². The molecule has 126 valence electrons. The van der Waals surface area contributed by atoms with Crippen LogP contribution >= 0.6 is 0 Å². The lowest BCUT2D eigenvalue weighted by atomic mass is 10.1. The summed E-state index contributed by atoms with van der Waals surface area (Å²) in [7, 11) is 0. The van der Waals surface area contributed by atoms with Gasteiger partial charge in [-0.1, -0.05) is 6.07 Å². The fraction of sp³-hybridized carbons (Fsp3) is 0.316. The van der Waals surface area contributed by atoms with Crippen molar-refractivity contribution in [2.45, 2.75) is 13.8 Å². The number of hydrogen-bond donors (Lipinski definition) is 0. The molecule has 0 N–H and O–H groups in total. The van der Waals surface area contributed by atoms with Gasteiger partial charge in [-0.3, -0.25) is 4.79 Å². The van der Waals surface area contributed by atoms with E-state index in [9.17, 15) is 13.6 Å². The summed E-state index contributed by atoms with van der Waals surface area (Å²) in [6.45, 7) is 6.09. The van der Waals surface area contributed by atoms with Crippen molar-refractivity contribution >= 4 is 11.6 Å². The Bertz CT molecular complexity index is 768. The number of aryl methyl sites for hydroxylation is 2. The highest BCUT2D eigenvalue weighted by atomic mass is 19.1.